The number of aromatic carboxylic acids is 1. The van der Waals surface area contributed by atoms with Crippen molar-refractivity contribution in [2.75, 3.05) is 11.4 Å². The van der Waals surface area contributed by atoms with E-state index in [4.69, 9.17) is 5.11 Å². The highest BCUT2D eigenvalue weighted by molar-refractivity contribution is 7.17. The average molecular weight is 268 g/mol. The molecular formula is C13H20N2O2S. The van der Waals surface area contributed by atoms with Crippen molar-refractivity contribution in [1.82, 2.24) is 4.98 Å². The van der Waals surface area contributed by atoms with Crippen LogP contribution in [0.5, 0.6) is 0 Å². The smallest absolute Gasteiger partial charge is 0.347 e. The van der Waals surface area contributed by atoms with E-state index in [0.717, 1.165) is 18.1 Å². The summed E-state index contributed by atoms with van der Waals surface area (Å²) in [5.74, 6) is -0.861. The van der Waals surface area contributed by atoms with E-state index in [1.807, 2.05) is 0 Å². The lowest BCUT2D eigenvalue weighted by Gasteiger charge is -2.35. The van der Waals surface area contributed by atoms with Gasteiger partial charge in [-0.3, -0.25) is 0 Å². The molecule has 0 saturated carbocycles. The molecule has 1 N–H and O–H groups in total. The van der Waals surface area contributed by atoms with Crippen molar-refractivity contribution < 1.29 is 9.90 Å². The van der Waals surface area contributed by atoms with Crippen molar-refractivity contribution in [2.24, 2.45) is 0 Å². The largest absolute Gasteiger partial charge is 0.477 e. The second-order valence-electron chi connectivity index (χ2n) is 4.85. The standard InChI is InChI=1S/C13H20N2O2S/c1-3-6-10-7-4-5-8-15(10)13-14-9(2)11(18-13)12(16)17/h10H,3-8H2,1-2H3,(H,16,17). The molecule has 2 heterocycles. The summed E-state index contributed by atoms with van der Waals surface area (Å²) in [6.45, 7) is 4.99. The van der Waals surface area contributed by atoms with E-state index >= 15 is 0 Å². The van der Waals surface area contributed by atoms with Gasteiger partial charge in [-0.25, -0.2) is 9.78 Å². The maximum atomic E-state index is 11.1. The molecule has 0 bridgehead atoms. The monoisotopic (exact) mass is 268 g/mol. The van der Waals surface area contributed by atoms with E-state index in [2.05, 4.69) is 16.8 Å². The fourth-order valence-corrected chi connectivity index (χ4v) is 3.59. The summed E-state index contributed by atoms with van der Waals surface area (Å²) in [6.07, 6.45) is 5.99. The molecule has 0 radical (unpaired) electrons. The molecular weight excluding hydrogens is 248 g/mol. The number of carboxylic acid groups (broad SMARTS) is 1. The van der Waals surface area contributed by atoms with Crippen LogP contribution < -0.4 is 4.90 Å². The fourth-order valence-electron chi connectivity index (χ4n) is 2.59. The number of hydrogen-bond donors (Lipinski definition) is 1. The third kappa shape index (κ3) is 2.66. The fraction of sp³-hybridized carbons (Fsp3) is 0.692. The van der Waals surface area contributed by atoms with E-state index in [1.54, 1.807) is 6.92 Å². The van der Waals surface area contributed by atoms with Crippen LogP contribution in [0, 0.1) is 6.92 Å². The highest BCUT2D eigenvalue weighted by Gasteiger charge is 2.26. The Hall–Kier alpha value is -1.10. The van der Waals surface area contributed by atoms with Crippen molar-refractivity contribution in [3.05, 3.63) is 10.6 Å². The highest BCUT2D eigenvalue weighted by atomic mass is 32.1. The van der Waals surface area contributed by atoms with Crippen LogP contribution in [0.15, 0.2) is 0 Å². The molecule has 1 fully saturated rings. The average Bonchev–Trinajstić information content (AvgIpc) is 2.72. The van der Waals surface area contributed by atoms with Crippen LogP contribution in [0.3, 0.4) is 0 Å². The Labute approximate surface area is 112 Å². The minimum Gasteiger partial charge on any atom is -0.477 e. The maximum absolute atomic E-state index is 11.1. The molecule has 1 aliphatic rings. The Balaban J connectivity index is 2.22. The van der Waals surface area contributed by atoms with E-state index < -0.39 is 5.97 Å². The number of nitrogens with zero attached hydrogens (tertiary/aromatic N) is 2. The number of carboxylic acids is 1. The van der Waals surface area contributed by atoms with Crippen molar-refractivity contribution in [2.45, 2.75) is 52.0 Å². The molecule has 1 aliphatic heterocycles. The number of hydrogen-bond acceptors (Lipinski definition) is 4. The summed E-state index contributed by atoms with van der Waals surface area (Å²) in [6, 6.07) is 0.538. The Bertz CT molecular complexity index is 429. The minimum absolute atomic E-state index is 0.380. The molecule has 18 heavy (non-hydrogen) atoms. The minimum atomic E-state index is -0.861. The topological polar surface area (TPSA) is 53.4 Å². The molecule has 0 aliphatic carbocycles. The van der Waals surface area contributed by atoms with Gasteiger partial charge in [0, 0.05) is 12.6 Å². The highest BCUT2D eigenvalue weighted by Crippen LogP contribution is 2.32. The number of anilines is 1. The maximum Gasteiger partial charge on any atom is 0.347 e. The zero-order valence-electron chi connectivity index (χ0n) is 11.0. The third-order valence-electron chi connectivity index (χ3n) is 3.47. The number of rotatable bonds is 4. The second kappa shape index (κ2) is 5.69. The van der Waals surface area contributed by atoms with Gasteiger partial charge in [-0.05, 0) is 32.6 Å². The van der Waals surface area contributed by atoms with Crippen molar-refractivity contribution >= 4 is 22.4 Å². The van der Waals surface area contributed by atoms with Crippen LogP contribution in [-0.4, -0.2) is 28.6 Å². The summed E-state index contributed by atoms with van der Waals surface area (Å²) in [7, 11) is 0. The Morgan fingerprint density at radius 3 is 2.94 bits per heavy atom. The molecule has 0 aromatic carbocycles. The van der Waals surface area contributed by atoms with E-state index in [9.17, 15) is 4.79 Å². The van der Waals surface area contributed by atoms with Gasteiger partial charge >= 0.3 is 5.97 Å². The molecule has 1 atom stereocenters. The van der Waals surface area contributed by atoms with Gasteiger partial charge in [0.15, 0.2) is 5.13 Å². The van der Waals surface area contributed by atoms with Crippen molar-refractivity contribution in [3.63, 3.8) is 0 Å². The van der Waals surface area contributed by atoms with Gasteiger partial charge < -0.3 is 10.0 Å². The molecule has 0 amide bonds. The van der Waals surface area contributed by atoms with Crippen LogP contribution in [0.1, 0.15) is 54.4 Å². The number of thiazole rings is 1. The third-order valence-corrected chi connectivity index (χ3v) is 4.66. The number of piperidine rings is 1. The van der Waals surface area contributed by atoms with Gasteiger partial charge in [0.25, 0.3) is 0 Å². The van der Waals surface area contributed by atoms with Gasteiger partial charge in [-0.2, -0.15) is 0 Å². The van der Waals surface area contributed by atoms with Gasteiger partial charge in [0.1, 0.15) is 4.88 Å². The lowest BCUT2D eigenvalue weighted by atomic mass is 9.99. The summed E-state index contributed by atoms with van der Waals surface area (Å²) in [5, 5.41) is 9.99. The molecule has 2 rings (SSSR count). The number of aryl methyl sites for hydroxylation is 1. The first-order chi connectivity index (χ1) is 8.63. The Kier molecular flexibility index (Phi) is 4.22. The lowest BCUT2D eigenvalue weighted by molar-refractivity contribution is 0.0701. The van der Waals surface area contributed by atoms with Crippen LogP contribution in [0.4, 0.5) is 5.13 Å². The molecule has 1 aromatic rings. The van der Waals surface area contributed by atoms with Crippen molar-refractivity contribution in [1.29, 1.82) is 0 Å². The van der Waals surface area contributed by atoms with E-state index in [-0.39, 0.29) is 0 Å². The van der Waals surface area contributed by atoms with Gasteiger partial charge in [0.05, 0.1) is 5.69 Å². The number of carbonyl (C=O) groups is 1. The van der Waals surface area contributed by atoms with Gasteiger partial charge in [-0.15, -0.1) is 0 Å². The van der Waals surface area contributed by atoms with Crippen molar-refractivity contribution in [3.8, 4) is 0 Å². The molecule has 1 aromatic heterocycles. The van der Waals surface area contributed by atoms with Crippen LogP contribution in [0.25, 0.3) is 0 Å². The predicted octanol–water partition coefficient (Wildman–Crippen LogP) is 3.31. The van der Waals surface area contributed by atoms with E-state index in [1.165, 1.54) is 37.0 Å². The van der Waals surface area contributed by atoms with Gasteiger partial charge in [0.2, 0.25) is 0 Å². The molecule has 0 spiro atoms. The Morgan fingerprint density at radius 1 is 1.56 bits per heavy atom. The first kappa shape index (κ1) is 13.3. The summed E-state index contributed by atoms with van der Waals surface area (Å²) in [4.78, 5) is 18.2. The molecule has 1 saturated heterocycles. The summed E-state index contributed by atoms with van der Waals surface area (Å²) in [5.41, 5.74) is 0.642. The molecule has 5 heteroatoms. The molecule has 100 valence electrons. The Morgan fingerprint density at radius 2 is 2.33 bits per heavy atom. The quantitative estimate of drug-likeness (QED) is 0.910. The van der Waals surface area contributed by atoms with Gasteiger partial charge in [-0.1, -0.05) is 24.7 Å². The summed E-state index contributed by atoms with van der Waals surface area (Å²) >= 11 is 1.32. The predicted molar refractivity (Wildman–Crippen MR) is 73.7 cm³/mol. The zero-order valence-corrected chi connectivity index (χ0v) is 11.8. The van der Waals surface area contributed by atoms with Crippen LogP contribution in [-0.2, 0) is 0 Å². The SMILES string of the molecule is CCCC1CCCCN1c1nc(C)c(C(=O)O)s1. The zero-order chi connectivity index (χ0) is 13.1. The first-order valence-corrected chi connectivity index (χ1v) is 7.42. The first-order valence-electron chi connectivity index (χ1n) is 6.60. The lowest BCUT2D eigenvalue weighted by Crippen LogP contribution is -2.39. The normalized spacial score (nSPS) is 20.1. The second-order valence-corrected chi connectivity index (χ2v) is 5.83. The van der Waals surface area contributed by atoms with Crippen LogP contribution >= 0.6 is 11.3 Å². The van der Waals surface area contributed by atoms with E-state index in [0.29, 0.717) is 16.6 Å². The number of aromatic nitrogens is 1. The van der Waals surface area contributed by atoms with Crippen LogP contribution in [0.2, 0.25) is 0 Å². The molecule has 1 unspecified atom stereocenters. The molecule has 4 nitrogen and oxygen atoms in total. The summed E-state index contributed by atoms with van der Waals surface area (Å²) < 4.78 is 0.